The first-order chi connectivity index (χ1) is 22.9. The fourth-order valence-corrected chi connectivity index (χ4v) is 8.73. The monoisotopic (exact) mass is 1050 g/mol. The molecule has 49 heavy (non-hydrogen) atoms. The molecule has 0 bridgehead atoms. The van der Waals surface area contributed by atoms with Crippen molar-refractivity contribution < 1.29 is 66.8 Å². The van der Waals surface area contributed by atoms with Crippen LogP contribution in [0, 0.1) is 10.7 Å². The Balaban J connectivity index is 3.89. The average molecular weight is 1050 g/mol. The van der Waals surface area contributed by atoms with E-state index in [2.05, 4.69) is 5.32 Å². The molecule has 272 valence electrons. The highest BCUT2D eigenvalue weighted by Gasteiger charge is 2.35. The second kappa shape index (κ2) is 21.6. The highest BCUT2D eigenvalue weighted by Crippen LogP contribution is 2.39. The number of carbonyl (C=O) groups is 8. The molecule has 0 fully saturated rings. The van der Waals surface area contributed by atoms with Crippen LogP contribution in [0.25, 0.3) is 0 Å². The van der Waals surface area contributed by atoms with Crippen LogP contribution in [0.4, 0.5) is 5.69 Å². The quantitative estimate of drug-likeness (QED) is 0.102. The summed E-state index contributed by atoms with van der Waals surface area (Å²) < 4.78 is 30.8. The van der Waals surface area contributed by atoms with Crippen LogP contribution in [0.15, 0.2) is 0 Å². The minimum atomic E-state index is -1.18. The topological polar surface area (TPSA) is 210 Å². The molecule has 1 aromatic carbocycles. The van der Waals surface area contributed by atoms with E-state index in [0.29, 0.717) is 4.42 Å². The Bertz CT molecular complexity index is 1460. The number of nitrogens with zero attached hydrogens (tertiary/aromatic N) is 2. The van der Waals surface area contributed by atoms with E-state index in [-0.39, 0.29) is 40.7 Å². The van der Waals surface area contributed by atoms with Crippen LogP contribution in [-0.2, 0) is 57.2 Å². The first kappa shape index (κ1) is 44.4. The molecule has 0 spiro atoms. The summed E-state index contributed by atoms with van der Waals surface area (Å²) in [5.74, 6) is -6.09. The Morgan fingerprint density at radius 1 is 0.755 bits per heavy atom. The van der Waals surface area contributed by atoms with Gasteiger partial charge in [0, 0.05) is 50.2 Å². The van der Waals surface area contributed by atoms with Gasteiger partial charge in [-0.25, -0.2) is 4.42 Å². The smallest absolute Gasteiger partial charge is 0.325 e. The standard InChI is InChI=1S/C28H33ClI3N3O14/c1-13(36)46-10-17(48-15(3)38)7-33-27(42)21-23(30)22(28(43)35(29)8-18(49-16(4)39)11-47-14(2)37)25(32)26(24(21)31)34(9-20(41)45-6)19(40)12-44-5/h17-18H,7-12H2,1-6H3,(H,33,42). The maximum absolute atomic E-state index is 14.0. The van der Waals surface area contributed by atoms with E-state index >= 15 is 0 Å². The minimum absolute atomic E-state index is 0.0412. The molecular weight excluding hydrogens is 1020 g/mol. The number of benzene rings is 1. The van der Waals surface area contributed by atoms with Crippen molar-refractivity contribution in [1.29, 1.82) is 0 Å². The molecule has 0 saturated carbocycles. The van der Waals surface area contributed by atoms with Gasteiger partial charge in [0.15, 0.2) is 12.2 Å². The Morgan fingerprint density at radius 3 is 1.76 bits per heavy atom. The summed E-state index contributed by atoms with van der Waals surface area (Å²) in [5, 5.41) is 2.58. The van der Waals surface area contributed by atoms with Crippen molar-refractivity contribution in [3.05, 3.63) is 21.8 Å². The number of methoxy groups -OCH3 is 2. The largest absolute Gasteiger partial charge is 0.468 e. The van der Waals surface area contributed by atoms with Gasteiger partial charge in [0.05, 0.1) is 44.2 Å². The SMILES string of the molecule is COCC(=O)N(CC(=O)OC)c1c(I)c(C(=O)NCC(COC(C)=O)OC(C)=O)c(I)c(C(=O)N(Cl)CC(COC(C)=O)OC(C)=O)c1I. The molecule has 0 heterocycles. The maximum atomic E-state index is 14.0. The van der Waals surface area contributed by atoms with Gasteiger partial charge in [0.2, 0.25) is 0 Å². The predicted octanol–water partition coefficient (Wildman–Crippen LogP) is 1.97. The van der Waals surface area contributed by atoms with Crippen molar-refractivity contribution in [2.24, 2.45) is 0 Å². The van der Waals surface area contributed by atoms with Crippen LogP contribution < -0.4 is 10.2 Å². The third-order valence-corrected chi connectivity index (χ3v) is 9.24. The van der Waals surface area contributed by atoms with Gasteiger partial charge < -0.3 is 33.7 Å². The van der Waals surface area contributed by atoms with Crippen molar-refractivity contribution in [3.63, 3.8) is 0 Å². The summed E-state index contributed by atoms with van der Waals surface area (Å²) in [5.41, 5.74) is -0.376. The highest BCUT2D eigenvalue weighted by molar-refractivity contribution is 14.1. The lowest BCUT2D eigenvalue weighted by molar-refractivity contribution is -0.156. The summed E-state index contributed by atoms with van der Waals surface area (Å²) in [7, 11) is 2.36. The van der Waals surface area contributed by atoms with E-state index in [1.54, 1.807) is 67.8 Å². The van der Waals surface area contributed by atoms with Gasteiger partial charge in [-0.3, -0.25) is 43.3 Å². The number of rotatable bonds is 17. The number of anilines is 1. The molecule has 0 saturated heterocycles. The number of ether oxygens (including phenoxy) is 6. The molecule has 0 radical (unpaired) electrons. The zero-order chi connectivity index (χ0) is 37.6. The van der Waals surface area contributed by atoms with E-state index in [9.17, 15) is 38.4 Å². The first-order valence-corrected chi connectivity index (χ1v) is 17.4. The molecule has 3 amide bonds. The number of carbonyl (C=O) groups excluding carboxylic acids is 8. The lowest BCUT2D eigenvalue weighted by atomic mass is 10.1. The Morgan fingerprint density at radius 2 is 1.27 bits per heavy atom. The molecule has 2 atom stereocenters. The third-order valence-electron chi connectivity index (χ3n) is 5.77. The van der Waals surface area contributed by atoms with E-state index in [4.69, 9.17) is 40.2 Å². The van der Waals surface area contributed by atoms with Gasteiger partial charge in [0.25, 0.3) is 17.7 Å². The van der Waals surface area contributed by atoms with Crippen LogP contribution in [0.2, 0.25) is 0 Å². The van der Waals surface area contributed by atoms with Crippen LogP contribution in [0.3, 0.4) is 0 Å². The molecule has 0 aliphatic rings. The van der Waals surface area contributed by atoms with Crippen molar-refractivity contribution in [2.45, 2.75) is 39.9 Å². The van der Waals surface area contributed by atoms with E-state index < -0.39 is 86.1 Å². The lowest BCUT2D eigenvalue weighted by Gasteiger charge is -2.28. The second-order valence-corrected chi connectivity index (χ2v) is 13.3. The van der Waals surface area contributed by atoms with Crippen LogP contribution in [-0.4, -0.2) is 118 Å². The van der Waals surface area contributed by atoms with Crippen molar-refractivity contribution >= 4 is 133 Å². The fourth-order valence-electron chi connectivity index (χ4n) is 3.79. The number of amides is 3. The van der Waals surface area contributed by atoms with Crippen LogP contribution in [0.5, 0.6) is 0 Å². The van der Waals surface area contributed by atoms with Gasteiger partial charge in [0.1, 0.15) is 26.4 Å². The predicted molar refractivity (Wildman–Crippen MR) is 194 cm³/mol. The number of hydrogen-bond donors (Lipinski definition) is 1. The highest BCUT2D eigenvalue weighted by atomic mass is 127. The van der Waals surface area contributed by atoms with Crippen molar-refractivity contribution in [1.82, 2.24) is 9.74 Å². The van der Waals surface area contributed by atoms with Crippen LogP contribution in [0.1, 0.15) is 48.4 Å². The molecule has 0 aliphatic heterocycles. The molecule has 1 N–H and O–H groups in total. The Hall–Kier alpha value is -2.58. The van der Waals surface area contributed by atoms with E-state index in [0.717, 1.165) is 39.7 Å². The molecule has 1 aromatic rings. The number of nitrogens with one attached hydrogen (secondary N) is 1. The van der Waals surface area contributed by atoms with Gasteiger partial charge >= 0.3 is 29.8 Å². The summed E-state index contributed by atoms with van der Waals surface area (Å²) in [4.78, 5) is 101. The van der Waals surface area contributed by atoms with Crippen LogP contribution >= 0.6 is 79.5 Å². The summed E-state index contributed by atoms with van der Waals surface area (Å²) in [6.45, 7) is 1.76. The number of halogens is 4. The zero-order valence-electron chi connectivity index (χ0n) is 27.0. The first-order valence-electron chi connectivity index (χ1n) is 13.8. The lowest BCUT2D eigenvalue weighted by Crippen LogP contribution is -2.42. The second-order valence-electron chi connectivity index (χ2n) is 9.66. The van der Waals surface area contributed by atoms with Gasteiger partial charge in [-0.15, -0.1) is 0 Å². The molecule has 21 heteroatoms. The summed E-state index contributed by atoms with van der Waals surface area (Å²) >= 11 is 11.7. The molecular formula is C28H33ClI3N3O14. The Labute approximate surface area is 327 Å². The average Bonchev–Trinajstić information content (AvgIpc) is 2.99. The van der Waals surface area contributed by atoms with Gasteiger partial charge in [-0.1, -0.05) is 0 Å². The fraction of sp³-hybridized carbons (Fsp3) is 0.500. The van der Waals surface area contributed by atoms with E-state index in [1.807, 2.05) is 0 Å². The molecule has 17 nitrogen and oxygen atoms in total. The molecule has 0 aromatic heterocycles. The number of esters is 5. The van der Waals surface area contributed by atoms with Crippen molar-refractivity contribution in [3.8, 4) is 0 Å². The molecule has 0 aliphatic carbocycles. The van der Waals surface area contributed by atoms with Crippen molar-refractivity contribution in [2.75, 3.05) is 58.6 Å². The van der Waals surface area contributed by atoms with E-state index in [1.165, 1.54) is 7.11 Å². The zero-order valence-corrected chi connectivity index (χ0v) is 34.2. The van der Waals surface area contributed by atoms with Gasteiger partial charge in [-0.2, -0.15) is 0 Å². The Kier molecular flexibility index (Phi) is 19.6. The maximum Gasteiger partial charge on any atom is 0.325 e. The minimum Gasteiger partial charge on any atom is -0.468 e. The normalized spacial score (nSPS) is 11.7. The summed E-state index contributed by atoms with van der Waals surface area (Å²) in [6, 6.07) is 0. The molecule has 2 unspecified atom stereocenters. The van der Waals surface area contributed by atoms with Gasteiger partial charge in [-0.05, 0) is 67.8 Å². The summed E-state index contributed by atoms with van der Waals surface area (Å²) in [6.07, 6.45) is -2.27. The molecule has 1 rings (SSSR count). The number of hydrogen-bond acceptors (Lipinski definition) is 14. The third kappa shape index (κ3) is 14.3.